The van der Waals surface area contributed by atoms with Gasteiger partial charge in [0.1, 0.15) is 5.54 Å². The van der Waals surface area contributed by atoms with E-state index in [1.54, 1.807) is 0 Å². The molecule has 7 nitrogen and oxygen atoms in total. The number of carbonyl (C=O) groups is 1. The summed E-state index contributed by atoms with van der Waals surface area (Å²) in [6.07, 6.45) is -5.84. The number of nitrogens with zero attached hydrogens (tertiary/aromatic N) is 1. The van der Waals surface area contributed by atoms with Gasteiger partial charge in [0.05, 0.1) is 21.8 Å². The average molecular weight is 403 g/mol. The van der Waals surface area contributed by atoms with Gasteiger partial charge in [0.15, 0.2) is 16.1 Å². The Morgan fingerprint density at radius 3 is 2.59 bits per heavy atom. The van der Waals surface area contributed by atoms with Gasteiger partial charge >= 0.3 is 12.3 Å². The molecule has 11 heteroatoms. The SMILES string of the molecule is N#CC1(NC(=O)O[C@H]2C[C@H](S(=O)(=O)c3ccccc3C(F)(F)F)CN2)CC1. The Kier molecular flexibility index (Phi) is 4.81. The van der Waals surface area contributed by atoms with Crippen molar-refractivity contribution in [3.63, 3.8) is 0 Å². The number of carbonyl (C=O) groups excluding carboxylic acids is 1. The number of hydrogen-bond acceptors (Lipinski definition) is 6. The summed E-state index contributed by atoms with van der Waals surface area (Å²) < 4.78 is 69.8. The lowest BCUT2D eigenvalue weighted by Gasteiger charge is -2.17. The van der Waals surface area contributed by atoms with Gasteiger partial charge in [-0.25, -0.2) is 13.2 Å². The van der Waals surface area contributed by atoms with Crippen molar-refractivity contribution in [2.24, 2.45) is 0 Å². The largest absolute Gasteiger partial charge is 0.430 e. The van der Waals surface area contributed by atoms with Crippen LogP contribution in [0.1, 0.15) is 24.8 Å². The first kappa shape index (κ1) is 19.4. The second-order valence-electron chi connectivity index (χ2n) is 6.52. The topological polar surface area (TPSA) is 108 Å². The van der Waals surface area contributed by atoms with E-state index in [1.165, 1.54) is 6.07 Å². The van der Waals surface area contributed by atoms with Gasteiger partial charge in [-0.15, -0.1) is 0 Å². The smallest absolute Gasteiger partial charge is 0.417 e. The summed E-state index contributed by atoms with van der Waals surface area (Å²) in [5, 5.41) is 12.8. The van der Waals surface area contributed by atoms with Crippen molar-refractivity contribution in [2.75, 3.05) is 6.54 Å². The van der Waals surface area contributed by atoms with Crippen LogP contribution in [0, 0.1) is 11.3 Å². The Hall–Kier alpha value is -2.32. The summed E-state index contributed by atoms with van der Waals surface area (Å²) in [5.74, 6) is 0. The Morgan fingerprint density at radius 2 is 2.00 bits per heavy atom. The second kappa shape index (κ2) is 6.69. The molecule has 1 aromatic rings. The third kappa shape index (κ3) is 4.01. The van der Waals surface area contributed by atoms with Crippen molar-refractivity contribution in [1.82, 2.24) is 10.6 Å². The minimum Gasteiger partial charge on any atom is -0.430 e. The maximum atomic E-state index is 13.1. The number of halogens is 3. The maximum absolute atomic E-state index is 13.1. The number of nitrogens with one attached hydrogen (secondary N) is 2. The van der Waals surface area contributed by atoms with Crippen LogP contribution >= 0.6 is 0 Å². The van der Waals surface area contributed by atoms with Crippen LogP contribution in [-0.2, 0) is 20.8 Å². The monoisotopic (exact) mass is 403 g/mol. The summed E-state index contributed by atoms with van der Waals surface area (Å²) in [7, 11) is -4.30. The van der Waals surface area contributed by atoms with Crippen LogP contribution in [0.4, 0.5) is 18.0 Å². The molecular formula is C16H16F3N3O4S. The summed E-state index contributed by atoms with van der Waals surface area (Å²) >= 11 is 0. The van der Waals surface area contributed by atoms with E-state index in [-0.39, 0.29) is 13.0 Å². The molecule has 2 N–H and O–H groups in total. The number of benzene rings is 1. The van der Waals surface area contributed by atoms with Crippen LogP contribution in [0.2, 0.25) is 0 Å². The molecule has 2 aliphatic rings. The number of rotatable bonds is 4. The van der Waals surface area contributed by atoms with Crippen molar-refractivity contribution in [3.05, 3.63) is 29.8 Å². The number of alkyl halides is 3. The van der Waals surface area contributed by atoms with E-state index in [0.717, 1.165) is 12.1 Å². The normalized spacial score (nSPS) is 24.1. The fourth-order valence-corrected chi connectivity index (χ4v) is 4.73. The van der Waals surface area contributed by atoms with Crippen LogP contribution in [0.5, 0.6) is 0 Å². The summed E-state index contributed by atoms with van der Waals surface area (Å²) in [6, 6.07) is 5.93. The van der Waals surface area contributed by atoms with Gasteiger partial charge in [-0.05, 0) is 25.0 Å². The highest BCUT2D eigenvalue weighted by Crippen LogP contribution is 2.37. The predicted molar refractivity (Wildman–Crippen MR) is 86.0 cm³/mol. The van der Waals surface area contributed by atoms with Crippen molar-refractivity contribution in [1.29, 1.82) is 5.26 Å². The average Bonchev–Trinajstić information content (AvgIpc) is 3.20. The van der Waals surface area contributed by atoms with Crippen LogP contribution in [-0.4, -0.2) is 38.1 Å². The fourth-order valence-electron chi connectivity index (χ4n) is 2.87. The first-order valence-corrected chi connectivity index (χ1v) is 9.66. The minimum absolute atomic E-state index is 0.157. The summed E-state index contributed by atoms with van der Waals surface area (Å²) in [5.41, 5.74) is -2.16. The molecule has 1 saturated carbocycles. The van der Waals surface area contributed by atoms with Crippen molar-refractivity contribution >= 4 is 15.9 Å². The van der Waals surface area contributed by atoms with Gasteiger partial charge in [0, 0.05) is 13.0 Å². The first-order chi connectivity index (χ1) is 12.6. The molecule has 1 aromatic carbocycles. The standard InChI is InChI=1S/C16H16F3N3O4S/c17-16(18,19)11-3-1-2-4-12(11)27(24,25)10-7-13(21-8-10)26-14(23)22-15(9-20)5-6-15/h1-4,10,13,21H,5-8H2,(H,22,23)/t10-,13-/m0/s1. The zero-order valence-corrected chi connectivity index (χ0v) is 14.7. The molecule has 0 radical (unpaired) electrons. The molecule has 146 valence electrons. The predicted octanol–water partition coefficient (Wildman–Crippen LogP) is 1.95. The summed E-state index contributed by atoms with van der Waals surface area (Å²) in [4.78, 5) is 11.0. The van der Waals surface area contributed by atoms with Gasteiger partial charge in [-0.3, -0.25) is 5.32 Å². The molecule has 2 atom stereocenters. The lowest BCUT2D eigenvalue weighted by Crippen LogP contribution is -2.40. The van der Waals surface area contributed by atoms with E-state index in [2.05, 4.69) is 10.6 Å². The lowest BCUT2D eigenvalue weighted by molar-refractivity contribution is -0.139. The molecule has 0 aromatic heterocycles. The van der Waals surface area contributed by atoms with Gasteiger partial charge in [-0.2, -0.15) is 18.4 Å². The quantitative estimate of drug-likeness (QED) is 0.796. The van der Waals surface area contributed by atoms with Gasteiger partial charge < -0.3 is 10.1 Å². The fraction of sp³-hybridized carbons (Fsp3) is 0.500. The third-order valence-electron chi connectivity index (χ3n) is 4.54. The Morgan fingerprint density at radius 1 is 1.33 bits per heavy atom. The van der Waals surface area contributed by atoms with E-state index < -0.39 is 49.6 Å². The van der Waals surface area contributed by atoms with Crippen LogP contribution in [0.25, 0.3) is 0 Å². The number of amides is 1. The molecule has 1 heterocycles. The molecule has 0 unspecified atom stereocenters. The van der Waals surface area contributed by atoms with Crippen molar-refractivity contribution < 1.29 is 31.1 Å². The van der Waals surface area contributed by atoms with Crippen LogP contribution in [0.15, 0.2) is 29.2 Å². The van der Waals surface area contributed by atoms with Gasteiger partial charge in [0.2, 0.25) is 0 Å². The highest BCUT2D eigenvalue weighted by atomic mass is 32.2. The number of sulfone groups is 1. The molecule has 0 spiro atoms. The molecule has 27 heavy (non-hydrogen) atoms. The van der Waals surface area contributed by atoms with E-state index in [0.29, 0.717) is 18.9 Å². The number of nitriles is 1. The number of alkyl carbamates (subject to hydrolysis) is 1. The van der Waals surface area contributed by atoms with Crippen LogP contribution < -0.4 is 10.6 Å². The first-order valence-electron chi connectivity index (χ1n) is 8.11. The number of ether oxygens (including phenoxy) is 1. The third-order valence-corrected chi connectivity index (χ3v) is 6.75. The van der Waals surface area contributed by atoms with Gasteiger partial charge in [-0.1, -0.05) is 12.1 Å². The highest BCUT2D eigenvalue weighted by molar-refractivity contribution is 7.92. The molecule has 2 fully saturated rings. The molecule has 1 saturated heterocycles. The molecule has 1 aliphatic heterocycles. The molecule has 0 bridgehead atoms. The minimum atomic E-state index is -4.80. The van der Waals surface area contributed by atoms with E-state index in [9.17, 15) is 26.4 Å². The van der Waals surface area contributed by atoms with Gasteiger partial charge in [0.25, 0.3) is 0 Å². The zero-order valence-electron chi connectivity index (χ0n) is 13.9. The molecule has 3 rings (SSSR count). The Bertz CT molecular complexity index is 891. The van der Waals surface area contributed by atoms with Crippen molar-refractivity contribution in [2.45, 2.75) is 47.4 Å². The van der Waals surface area contributed by atoms with E-state index in [1.807, 2.05) is 6.07 Å². The van der Waals surface area contributed by atoms with Crippen molar-refractivity contribution in [3.8, 4) is 6.07 Å². The highest BCUT2D eigenvalue weighted by Gasteiger charge is 2.46. The lowest BCUT2D eigenvalue weighted by atomic mass is 10.2. The van der Waals surface area contributed by atoms with E-state index >= 15 is 0 Å². The zero-order chi connectivity index (χ0) is 19.9. The molecule has 1 amide bonds. The Balaban J connectivity index is 1.70. The Labute approximate surface area is 153 Å². The summed E-state index contributed by atoms with van der Waals surface area (Å²) in [6.45, 7) is -0.157. The van der Waals surface area contributed by atoms with Crippen LogP contribution in [0.3, 0.4) is 0 Å². The second-order valence-corrected chi connectivity index (χ2v) is 8.71. The van der Waals surface area contributed by atoms with E-state index in [4.69, 9.17) is 10.00 Å². The molecular weight excluding hydrogens is 387 g/mol. The maximum Gasteiger partial charge on any atom is 0.417 e. The molecule has 1 aliphatic carbocycles. The number of hydrogen-bond donors (Lipinski definition) is 2.